The molecule has 0 saturated carbocycles. The summed E-state index contributed by atoms with van der Waals surface area (Å²) in [6.07, 6.45) is 0.972. The fourth-order valence-corrected chi connectivity index (χ4v) is 4.08. The molecule has 0 bridgehead atoms. The minimum absolute atomic E-state index is 0.0619. The van der Waals surface area contributed by atoms with Gasteiger partial charge in [-0.15, -0.1) is 11.3 Å². The van der Waals surface area contributed by atoms with Gasteiger partial charge in [0.25, 0.3) is 0 Å². The first-order chi connectivity index (χ1) is 8.68. The third kappa shape index (κ3) is 2.25. The van der Waals surface area contributed by atoms with E-state index >= 15 is 0 Å². The van der Waals surface area contributed by atoms with Crippen LogP contribution in [0, 0.1) is 5.82 Å². The average molecular weight is 326 g/mol. The maximum atomic E-state index is 13.4. The van der Waals surface area contributed by atoms with Gasteiger partial charge in [-0.05, 0) is 52.2 Å². The van der Waals surface area contributed by atoms with Crippen LogP contribution in [0.3, 0.4) is 0 Å². The fourth-order valence-electron chi connectivity index (χ4n) is 2.46. The predicted octanol–water partition coefficient (Wildman–Crippen LogP) is 3.73. The molecule has 4 heteroatoms. The maximum absolute atomic E-state index is 13.4. The Kier molecular flexibility index (Phi) is 3.26. The molecule has 1 nitrogen and oxygen atoms in total. The molecule has 2 heterocycles. The first-order valence-corrected chi connectivity index (χ1v) is 7.50. The van der Waals surface area contributed by atoms with Gasteiger partial charge in [-0.3, -0.25) is 0 Å². The van der Waals surface area contributed by atoms with Gasteiger partial charge in [0, 0.05) is 23.4 Å². The van der Waals surface area contributed by atoms with E-state index in [0.29, 0.717) is 0 Å². The number of hydrogen-bond donors (Lipinski definition) is 1. The normalized spacial score (nSPS) is 17.4. The van der Waals surface area contributed by atoms with Crippen LogP contribution in [0.15, 0.2) is 40.2 Å². The van der Waals surface area contributed by atoms with Crippen molar-refractivity contribution in [2.75, 3.05) is 13.1 Å². The Morgan fingerprint density at radius 3 is 2.67 bits per heavy atom. The Morgan fingerprint density at radius 2 is 2.11 bits per heavy atom. The van der Waals surface area contributed by atoms with E-state index in [1.807, 2.05) is 6.07 Å². The monoisotopic (exact) mass is 325 g/mol. The summed E-state index contributed by atoms with van der Waals surface area (Å²) in [5.74, 6) is -0.147. The van der Waals surface area contributed by atoms with E-state index in [1.54, 1.807) is 23.5 Å². The molecule has 0 amide bonds. The summed E-state index contributed by atoms with van der Waals surface area (Å²) < 4.78 is 14.5. The van der Waals surface area contributed by atoms with Crippen LogP contribution in [-0.2, 0) is 11.8 Å². The Hall–Kier alpha value is -0.710. The zero-order valence-electron chi connectivity index (χ0n) is 9.75. The first-order valence-electron chi connectivity index (χ1n) is 5.89. The highest BCUT2D eigenvalue weighted by Gasteiger charge is 2.39. The van der Waals surface area contributed by atoms with Gasteiger partial charge in [-0.2, -0.15) is 0 Å². The molecule has 1 aromatic carbocycles. The van der Waals surface area contributed by atoms with Gasteiger partial charge in [-0.1, -0.05) is 12.1 Å². The van der Waals surface area contributed by atoms with Crippen LogP contribution in [0.1, 0.15) is 10.4 Å². The lowest BCUT2D eigenvalue weighted by Crippen LogP contribution is -2.58. The first kappa shape index (κ1) is 12.3. The van der Waals surface area contributed by atoms with Crippen LogP contribution in [0.4, 0.5) is 4.39 Å². The Morgan fingerprint density at radius 1 is 1.28 bits per heavy atom. The summed E-state index contributed by atoms with van der Waals surface area (Å²) in [7, 11) is 0. The average Bonchev–Trinajstić information content (AvgIpc) is 2.69. The number of halogens is 2. The molecule has 0 spiro atoms. The molecular weight excluding hydrogens is 313 g/mol. The van der Waals surface area contributed by atoms with Crippen molar-refractivity contribution in [3.05, 3.63) is 56.4 Å². The van der Waals surface area contributed by atoms with Crippen molar-refractivity contribution in [3.63, 3.8) is 0 Å². The number of rotatable bonds is 3. The lowest BCUT2D eigenvalue weighted by molar-refractivity contribution is 0.275. The summed E-state index contributed by atoms with van der Waals surface area (Å²) in [5.41, 5.74) is 1.16. The van der Waals surface area contributed by atoms with Crippen molar-refractivity contribution in [2.24, 2.45) is 0 Å². The summed E-state index contributed by atoms with van der Waals surface area (Å²) >= 11 is 5.25. The molecule has 0 aliphatic carbocycles. The molecule has 1 aromatic heterocycles. The minimum atomic E-state index is -0.147. The molecule has 1 aliphatic rings. The van der Waals surface area contributed by atoms with Crippen LogP contribution in [0.25, 0.3) is 0 Å². The second kappa shape index (κ2) is 4.76. The second-order valence-corrected chi connectivity index (χ2v) is 7.32. The van der Waals surface area contributed by atoms with E-state index in [1.165, 1.54) is 10.9 Å². The van der Waals surface area contributed by atoms with E-state index in [-0.39, 0.29) is 11.2 Å². The summed E-state index contributed by atoms with van der Waals surface area (Å²) in [4.78, 5) is 1.34. The third-order valence-corrected chi connectivity index (χ3v) is 5.13. The van der Waals surface area contributed by atoms with E-state index in [0.717, 1.165) is 28.9 Å². The lowest BCUT2D eigenvalue weighted by atomic mass is 9.72. The molecule has 3 rings (SSSR count). The van der Waals surface area contributed by atoms with Crippen molar-refractivity contribution in [3.8, 4) is 0 Å². The number of hydrogen-bond acceptors (Lipinski definition) is 2. The molecule has 1 N–H and O–H groups in total. The van der Waals surface area contributed by atoms with Gasteiger partial charge in [0.15, 0.2) is 0 Å². The molecule has 0 unspecified atom stereocenters. The van der Waals surface area contributed by atoms with Gasteiger partial charge in [-0.25, -0.2) is 4.39 Å². The van der Waals surface area contributed by atoms with Gasteiger partial charge < -0.3 is 5.32 Å². The highest BCUT2D eigenvalue weighted by atomic mass is 79.9. The SMILES string of the molecule is Fc1cccc(C2(Cc3ccc(Br)s3)CNC2)c1. The molecule has 94 valence electrons. The van der Waals surface area contributed by atoms with Gasteiger partial charge in [0.05, 0.1) is 3.79 Å². The highest BCUT2D eigenvalue weighted by molar-refractivity contribution is 9.11. The van der Waals surface area contributed by atoms with Crippen LogP contribution in [0.2, 0.25) is 0 Å². The minimum Gasteiger partial charge on any atom is -0.315 e. The molecule has 1 fully saturated rings. The topological polar surface area (TPSA) is 12.0 Å². The van der Waals surface area contributed by atoms with Crippen molar-refractivity contribution in [2.45, 2.75) is 11.8 Å². The molecule has 1 aliphatic heterocycles. The Labute approximate surface area is 118 Å². The lowest BCUT2D eigenvalue weighted by Gasteiger charge is -2.43. The number of benzene rings is 1. The molecule has 1 saturated heterocycles. The zero-order chi connectivity index (χ0) is 12.6. The highest BCUT2D eigenvalue weighted by Crippen LogP contribution is 2.35. The van der Waals surface area contributed by atoms with Crippen LogP contribution >= 0.6 is 27.3 Å². The van der Waals surface area contributed by atoms with Gasteiger partial charge >= 0.3 is 0 Å². The van der Waals surface area contributed by atoms with Crippen LogP contribution in [-0.4, -0.2) is 13.1 Å². The van der Waals surface area contributed by atoms with E-state index < -0.39 is 0 Å². The molecule has 0 atom stereocenters. The predicted molar refractivity (Wildman–Crippen MR) is 76.7 cm³/mol. The fraction of sp³-hybridized carbons (Fsp3) is 0.286. The molecular formula is C14H13BrFNS. The number of nitrogens with one attached hydrogen (secondary N) is 1. The summed E-state index contributed by atoms with van der Waals surface area (Å²) in [6, 6.07) is 11.2. The van der Waals surface area contributed by atoms with Crippen molar-refractivity contribution in [1.29, 1.82) is 0 Å². The third-order valence-electron chi connectivity index (χ3n) is 3.51. The van der Waals surface area contributed by atoms with E-state index in [9.17, 15) is 4.39 Å². The van der Waals surface area contributed by atoms with Crippen molar-refractivity contribution < 1.29 is 4.39 Å². The van der Waals surface area contributed by atoms with Crippen LogP contribution < -0.4 is 5.32 Å². The van der Waals surface area contributed by atoms with Crippen molar-refractivity contribution in [1.82, 2.24) is 5.32 Å². The standard InChI is InChI=1S/C14H13BrFNS/c15-13-5-4-12(18-13)7-14(8-17-9-14)10-2-1-3-11(16)6-10/h1-6,17H,7-9H2. The molecule has 0 radical (unpaired) electrons. The molecule has 2 aromatic rings. The van der Waals surface area contributed by atoms with Gasteiger partial charge in [0.2, 0.25) is 0 Å². The summed E-state index contributed by atoms with van der Waals surface area (Å²) in [6.45, 7) is 1.85. The Bertz CT molecular complexity index is 562. The zero-order valence-corrected chi connectivity index (χ0v) is 12.2. The quantitative estimate of drug-likeness (QED) is 0.906. The largest absolute Gasteiger partial charge is 0.315 e. The number of thiophene rings is 1. The smallest absolute Gasteiger partial charge is 0.123 e. The Balaban J connectivity index is 1.90. The summed E-state index contributed by atoms with van der Waals surface area (Å²) in [5, 5.41) is 3.32. The molecule has 18 heavy (non-hydrogen) atoms. The van der Waals surface area contributed by atoms with Gasteiger partial charge in [0.1, 0.15) is 5.82 Å². The van der Waals surface area contributed by atoms with Crippen LogP contribution in [0.5, 0.6) is 0 Å². The van der Waals surface area contributed by atoms with Crippen molar-refractivity contribution >= 4 is 27.3 Å². The van der Waals surface area contributed by atoms with E-state index in [4.69, 9.17) is 0 Å². The van der Waals surface area contributed by atoms with E-state index in [2.05, 4.69) is 33.4 Å². The maximum Gasteiger partial charge on any atom is 0.123 e. The second-order valence-electron chi connectivity index (χ2n) is 4.78.